The number of ether oxygens (including phenoxy) is 1. The Morgan fingerprint density at radius 1 is 1.41 bits per heavy atom. The Kier molecular flexibility index (Phi) is 6.05. The average Bonchev–Trinajstić information content (AvgIpc) is 3.21. The fourth-order valence-corrected chi connectivity index (χ4v) is 3.29. The fourth-order valence-electron chi connectivity index (χ4n) is 3.29. The second-order valence-electron chi connectivity index (χ2n) is 7.34. The minimum Gasteiger partial charge on any atom is -0.489 e. The average molecular weight is 372 g/mol. The summed E-state index contributed by atoms with van der Waals surface area (Å²) in [5.41, 5.74) is 0.790. The van der Waals surface area contributed by atoms with Gasteiger partial charge in [-0.2, -0.15) is 0 Å². The summed E-state index contributed by atoms with van der Waals surface area (Å²) in [6, 6.07) is 3.74. The first kappa shape index (κ1) is 19.3. The molecule has 27 heavy (non-hydrogen) atoms. The molecule has 0 bridgehead atoms. The Labute approximate surface area is 159 Å². The van der Waals surface area contributed by atoms with Crippen molar-refractivity contribution in [2.24, 2.45) is 7.05 Å². The van der Waals surface area contributed by atoms with Gasteiger partial charge in [0.1, 0.15) is 23.5 Å². The zero-order chi connectivity index (χ0) is 19.4. The van der Waals surface area contributed by atoms with Gasteiger partial charge in [-0.15, -0.1) is 10.2 Å². The van der Waals surface area contributed by atoms with E-state index in [4.69, 9.17) is 4.74 Å². The Morgan fingerprint density at radius 2 is 2.22 bits per heavy atom. The topological polar surface area (TPSA) is 85.2 Å². The normalized spacial score (nSPS) is 17.4. The van der Waals surface area contributed by atoms with Crippen LogP contribution in [0.4, 0.5) is 0 Å². The third kappa shape index (κ3) is 5.03. The standard InChI is InChI=1S/C19H28N6O2/c1-13(2)19-23-22-18(24(19)4)12-25-8-6-17(11-25)27-16-5-7-20-15(9-16)10-21-14(3)26/h5,7,9,13,17H,6,8,10-12H2,1-4H3,(H,21,26). The van der Waals surface area contributed by atoms with Gasteiger partial charge in [-0.25, -0.2) is 0 Å². The zero-order valence-electron chi connectivity index (χ0n) is 16.5. The van der Waals surface area contributed by atoms with E-state index in [-0.39, 0.29) is 12.0 Å². The molecule has 146 valence electrons. The van der Waals surface area contributed by atoms with Gasteiger partial charge in [0.2, 0.25) is 5.91 Å². The van der Waals surface area contributed by atoms with Gasteiger partial charge >= 0.3 is 0 Å². The summed E-state index contributed by atoms with van der Waals surface area (Å²) in [6.07, 6.45) is 2.82. The van der Waals surface area contributed by atoms with Crippen molar-refractivity contribution in [3.63, 3.8) is 0 Å². The number of pyridine rings is 1. The van der Waals surface area contributed by atoms with Crippen molar-refractivity contribution in [1.29, 1.82) is 0 Å². The van der Waals surface area contributed by atoms with Crippen LogP contribution in [0.15, 0.2) is 18.3 Å². The fraction of sp³-hybridized carbons (Fsp3) is 0.579. The molecule has 3 rings (SSSR count). The van der Waals surface area contributed by atoms with Gasteiger partial charge in [-0.3, -0.25) is 14.7 Å². The Bertz CT molecular complexity index is 788. The summed E-state index contributed by atoms with van der Waals surface area (Å²) >= 11 is 0. The predicted molar refractivity (Wildman–Crippen MR) is 101 cm³/mol. The largest absolute Gasteiger partial charge is 0.489 e. The van der Waals surface area contributed by atoms with E-state index in [9.17, 15) is 4.79 Å². The third-order valence-corrected chi connectivity index (χ3v) is 4.72. The maximum absolute atomic E-state index is 11.0. The van der Waals surface area contributed by atoms with Crippen LogP contribution in [0, 0.1) is 0 Å². The Morgan fingerprint density at radius 3 is 2.93 bits per heavy atom. The van der Waals surface area contributed by atoms with Crippen LogP contribution in [-0.2, 0) is 24.9 Å². The van der Waals surface area contributed by atoms with Crippen molar-refractivity contribution in [1.82, 2.24) is 30.0 Å². The van der Waals surface area contributed by atoms with E-state index in [2.05, 4.69) is 43.8 Å². The third-order valence-electron chi connectivity index (χ3n) is 4.72. The first-order valence-electron chi connectivity index (χ1n) is 9.39. The molecule has 0 aromatic carbocycles. The highest BCUT2D eigenvalue weighted by Gasteiger charge is 2.26. The SMILES string of the molecule is CC(=O)NCc1cc(OC2CCN(Cc3nnc(C(C)C)n3C)C2)ccn1. The van der Waals surface area contributed by atoms with Gasteiger partial charge in [0.05, 0.1) is 18.8 Å². The van der Waals surface area contributed by atoms with E-state index in [1.54, 1.807) is 6.20 Å². The summed E-state index contributed by atoms with van der Waals surface area (Å²) < 4.78 is 8.22. The van der Waals surface area contributed by atoms with Crippen LogP contribution < -0.4 is 10.1 Å². The molecule has 1 saturated heterocycles. The zero-order valence-corrected chi connectivity index (χ0v) is 16.5. The number of carbonyl (C=O) groups excluding carboxylic acids is 1. The molecule has 0 aliphatic carbocycles. The minimum atomic E-state index is -0.0704. The lowest BCUT2D eigenvalue weighted by Gasteiger charge is -2.17. The molecular weight excluding hydrogens is 344 g/mol. The van der Waals surface area contributed by atoms with Crippen molar-refractivity contribution in [3.8, 4) is 5.75 Å². The van der Waals surface area contributed by atoms with Crippen LogP contribution in [0.25, 0.3) is 0 Å². The monoisotopic (exact) mass is 372 g/mol. The van der Waals surface area contributed by atoms with Crippen LogP contribution >= 0.6 is 0 Å². The van der Waals surface area contributed by atoms with E-state index < -0.39 is 0 Å². The first-order valence-corrected chi connectivity index (χ1v) is 9.39. The maximum Gasteiger partial charge on any atom is 0.217 e. The molecule has 1 aliphatic heterocycles. The molecule has 1 amide bonds. The van der Waals surface area contributed by atoms with E-state index in [0.717, 1.165) is 49.1 Å². The number of nitrogens with zero attached hydrogens (tertiary/aromatic N) is 5. The van der Waals surface area contributed by atoms with Crippen LogP contribution in [0.2, 0.25) is 0 Å². The molecule has 1 aliphatic rings. The van der Waals surface area contributed by atoms with Gasteiger partial charge in [-0.05, 0) is 12.5 Å². The van der Waals surface area contributed by atoms with Gasteiger partial charge < -0.3 is 14.6 Å². The van der Waals surface area contributed by atoms with Gasteiger partial charge in [-0.1, -0.05) is 13.8 Å². The van der Waals surface area contributed by atoms with Crippen LogP contribution in [0.5, 0.6) is 5.75 Å². The number of hydrogen-bond donors (Lipinski definition) is 1. The molecule has 8 nitrogen and oxygen atoms in total. The quantitative estimate of drug-likeness (QED) is 0.795. The summed E-state index contributed by atoms with van der Waals surface area (Å²) in [5.74, 6) is 3.09. The second kappa shape index (κ2) is 8.47. The second-order valence-corrected chi connectivity index (χ2v) is 7.34. The summed E-state index contributed by atoms with van der Waals surface area (Å²) in [7, 11) is 2.03. The Balaban J connectivity index is 1.54. The highest BCUT2D eigenvalue weighted by Crippen LogP contribution is 2.20. The summed E-state index contributed by atoms with van der Waals surface area (Å²) in [5, 5.41) is 11.4. The van der Waals surface area contributed by atoms with Crippen LogP contribution in [0.3, 0.4) is 0 Å². The molecule has 8 heteroatoms. The minimum absolute atomic E-state index is 0.0704. The molecule has 2 aromatic rings. The van der Waals surface area contributed by atoms with Crippen LogP contribution in [0.1, 0.15) is 50.5 Å². The van der Waals surface area contributed by atoms with E-state index in [0.29, 0.717) is 12.5 Å². The molecule has 3 heterocycles. The predicted octanol–water partition coefficient (Wildman–Crippen LogP) is 1.62. The number of carbonyl (C=O) groups is 1. The number of rotatable bonds is 7. The van der Waals surface area contributed by atoms with Crippen molar-refractivity contribution in [2.45, 2.75) is 52.3 Å². The van der Waals surface area contributed by atoms with Crippen molar-refractivity contribution in [3.05, 3.63) is 35.7 Å². The van der Waals surface area contributed by atoms with Crippen molar-refractivity contribution >= 4 is 5.91 Å². The van der Waals surface area contributed by atoms with Crippen molar-refractivity contribution < 1.29 is 9.53 Å². The number of aromatic nitrogens is 4. The molecule has 2 aromatic heterocycles. The molecule has 1 atom stereocenters. The van der Waals surface area contributed by atoms with E-state index in [1.807, 2.05) is 19.2 Å². The molecule has 0 spiro atoms. The highest BCUT2D eigenvalue weighted by molar-refractivity contribution is 5.72. The molecule has 1 fully saturated rings. The number of amides is 1. The lowest BCUT2D eigenvalue weighted by Crippen LogP contribution is -2.26. The van der Waals surface area contributed by atoms with Gasteiger partial charge in [0, 0.05) is 45.2 Å². The summed E-state index contributed by atoms with van der Waals surface area (Å²) in [4.78, 5) is 17.6. The lowest BCUT2D eigenvalue weighted by molar-refractivity contribution is -0.119. The lowest BCUT2D eigenvalue weighted by atomic mass is 10.2. The molecule has 0 saturated carbocycles. The summed E-state index contributed by atoms with van der Waals surface area (Å²) in [6.45, 7) is 8.76. The van der Waals surface area contributed by atoms with Crippen molar-refractivity contribution in [2.75, 3.05) is 13.1 Å². The molecule has 1 N–H and O–H groups in total. The van der Waals surface area contributed by atoms with Crippen LogP contribution in [-0.4, -0.2) is 49.7 Å². The maximum atomic E-state index is 11.0. The molecular formula is C19H28N6O2. The molecule has 1 unspecified atom stereocenters. The number of nitrogens with one attached hydrogen (secondary N) is 1. The number of hydrogen-bond acceptors (Lipinski definition) is 6. The van der Waals surface area contributed by atoms with E-state index >= 15 is 0 Å². The number of likely N-dealkylation sites (tertiary alicyclic amines) is 1. The van der Waals surface area contributed by atoms with Gasteiger partial charge in [0.15, 0.2) is 0 Å². The smallest absolute Gasteiger partial charge is 0.217 e. The molecule has 0 radical (unpaired) electrons. The highest BCUT2D eigenvalue weighted by atomic mass is 16.5. The van der Waals surface area contributed by atoms with E-state index in [1.165, 1.54) is 6.92 Å². The first-order chi connectivity index (χ1) is 12.9. The Hall–Kier alpha value is -2.48. The van der Waals surface area contributed by atoms with Gasteiger partial charge in [0.25, 0.3) is 0 Å².